The minimum absolute atomic E-state index is 0.0475. The van der Waals surface area contributed by atoms with Crippen molar-refractivity contribution in [3.05, 3.63) is 65.3 Å². The molecule has 1 aromatic heterocycles. The van der Waals surface area contributed by atoms with Gasteiger partial charge in [-0.25, -0.2) is 9.37 Å². The standard InChI is InChI=1S/C22H22ClF4N3O5/c1-14(6-7-28-20(32)12-34-15-2-4-17(23)18(24)10-15)30(8-9-31)21(33)13-35-16-3-5-19(29-11-16)22(25,26)27/h2-5,10-11,31H,1,6-9,12-13H2,(H,28,32). The number of rotatable bonds is 12. The fourth-order valence-corrected chi connectivity index (χ4v) is 2.78. The van der Waals surface area contributed by atoms with Crippen molar-refractivity contribution < 1.29 is 41.7 Å². The van der Waals surface area contributed by atoms with Gasteiger partial charge in [0.1, 0.15) is 23.0 Å². The Morgan fingerprint density at radius 2 is 1.83 bits per heavy atom. The van der Waals surface area contributed by atoms with E-state index in [9.17, 15) is 32.3 Å². The third-order valence-corrected chi connectivity index (χ3v) is 4.70. The molecule has 0 saturated heterocycles. The van der Waals surface area contributed by atoms with Crippen LogP contribution in [-0.2, 0) is 15.8 Å². The topological polar surface area (TPSA) is 101 Å². The van der Waals surface area contributed by atoms with Gasteiger partial charge in [-0.15, -0.1) is 0 Å². The molecule has 1 heterocycles. The molecule has 2 N–H and O–H groups in total. The normalized spacial score (nSPS) is 11.0. The van der Waals surface area contributed by atoms with Crippen molar-refractivity contribution in [3.8, 4) is 11.5 Å². The van der Waals surface area contributed by atoms with Gasteiger partial charge in [0.15, 0.2) is 13.2 Å². The van der Waals surface area contributed by atoms with E-state index in [-0.39, 0.29) is 54.9 Å². The number of halogens is 5. The van der Waals surface area contributed by atoms with Crippen molar-refractivity contribution in [2.75, 3.05) is 32.9 Å². The van der Waals surface area contributed by atoms with Crippen LogP contribution < -0.4 is 14.8 Å². The monoisotopic (exact) mass is 519 g/mol. The third kappa shape index (κ3) is 9.06. The zero-order valence-electron chi connectivity index (χ0n) is 18.3. The zero-order valence-corrected chi connectivity index (χ0v) is 19.0. The number of aliphatic hydroxyl groups excluding tert-OH is 1. The SMILES string of the molecule is C=C(CCNC(=O)COc1ccc(Cl)c(F)c1)N(CCO)C(=O)COc1ccc(C(F)(F)F)nc1. The van der Waals surface area contributed by atoms with E-state index in [0.29, 0.717) is 0 Å². The van der Waals surface area contributed by atoms with Crippen molar-refractivity contribution >= 4 is 23.4 Å². The lowest BCUT2D eigenvalue weighted by atomic mass is 10.2. The average molecular weight is 520 g/mol. The second-order valence-corrected chi connectivity index (χ2v) is 7.37. The molecule has 2 rings (SSSR count). The highest BCUT2D eigenvalue weighted by atomic mass is 35.5. The summed E-state index contributed by atoms with van der Waals surface area (Å²) < 4.78 is 61.4. The number of nitrogens with zero attached hydrogens (tertiary/aromatic N) is 2. The number of aliphatic hydroxyl groups is 1. The number of carbonyl (C=O) groups is 2. The summed E-state index contributed by atoms with van der Waals surface area (Å²) in [6.07, 6.45) is -3.62. The van der Waals surface area contributed by atoms with E-state index in [1.807, 2.05) is 0 Å². The lowest BCUT2D eigenvalue weighted by molar-refractivity contribution is -0.141. The summed E-state index contributed by atoms with van der Waals surface area (Å²) in [5.74, 6) is -1.73. The Kier molecular flexibility index (Phi) is 10.3. The minimum atomic E-state index is -4.60. The van der Waals surface area contributed by atoms with Crippen LogP contribution in [0, 0.1) is 5.82 Å². The van der Waals surface area contributed by atoms with E-state index in [1.165, 1.54) is 12.1 Å². The van der Waals surface area contributed by atoms with Crippen LogP contribution in [-0.4, -0.2) is 59.7 Å². The first kappa shape index (κ1) is 27.9. The molecule has 0 saturated carbocycles. The summed E-state index contributed by atoms with van der Waals surface area (Å²) >= 11 is 5.57. The highest BCUT2D eigenvalue weighted by Gasteiger charge is 2.32. The number of pyridine rings is 1. The largest absolute Gasteiger partial charge is 0.484 e. The number of ether oxygens (including phenoxy) is 2. The van der Waals surface area contributed by atoms with E-state index < -0.39 is 36.1 Å². The van der Waals surface area contributed by atoms with Crippen molar-refractivity contribution in [2.45, 2.75) is 12.6 Å². The molecule has 0 aliphatic carbocycles. The molecule has 13 heteroatoms. The van der Waals surface area contributed by atoms with Crippen molar-refractivity contribution in [3.63, 3.8) is 0 Å². The van der Waals surface area contributed by atoms with Gasteiger partial charge in [-0.2, -0.15) is 13.2 Å². The van der Waals surface area contributed by atoms with Crippen LogP contribution >= 0.6 is 11.6 Å². The molecule has 0 unspecified atom stereocenters. The number of amides is 2. The summed E-state index contributed by atoms with van der Waals surface area (Å²) in [6, 6.07) is 5.49. The van der Waals surface area contributed by atoms with Gasteiger partial charge in [0.25, 0.3) is 11.8 Å². The van der Waals surface area contributed by atoms with Crippen LogP contribution in [0.25, 0.3) is 0 Å². The zero-order chi connectivity index (χ0) is 26.0. The van der Waals surface area contributed by atoms with Gasteiger partial charge in [-0.3, -0.25) is 9.59 Å². The lowest BCUT2D eigenvalue weighted by Gasteiger charge is -2.24. The third-order valence-electron chi connectivity index (χ3n) is 4.39. The number of carbonyl (C=O) groups excluding carboxylic acids is 2. The van der Waals surface area contributed by atoms with Gasteiger partial charge in [0.2, 0.25) is 0 Å². The van der Waals surface area contributed by atoms with E-state index in [2.05, 4.69) is 16.9 Å². The highest BCUT2D eigenvalue weighted by Crippen LogP contribution is 2.28. The Morgan fingerprint density at radius 3 is 2.43 bits per heavy atom. The molecular weight excluding hydrogens is 498 g/mol. The van der Waals surface area contributed by atoms with Gasteiger partial charge >= 0.3 is 6.18 Å². The number of benzene rings is 1. The van der Waals surface area contributed by atoms with E-state index >= 15 is 0 Å². The molecule has 0 aliphatic rings. The molecule has 0 aliphatic heterocycles. The fraction of sp³-hybridized carbons (Fsp3) is 0.318. The average Bonchev–Trinajstić information content (AvgIpc) is 2.81. The van der Waals surface area contributed by atoms with Crippen LogP contribution in [0.3, 0.4) is 0 Å². The molecule has 0 fully saturated rings. The van der Waals surface area contributed by atoms with Crippen LogP contribution in [0.15, 0.2) is 48.8 Å². The van der Waals surface area contributed by atoms with Gasteiger partial charge in [0.05, 0.1) is 17.8 Å². The molecule has 0 atom stereocenters. The Hall–Kier alpha value is -3.38. The molecule has 0 bridgehead atoms. The molecule has 35 heavy (non-hydrogen) atoms. The van der Waals surface area contributed by atoms with Gasteiger partial charge in [-0.1, -0.05) is 18.2 Å². The summed E-state index contributed by atoms with van der Waals surface area (Å²) in [7, 11) is 0. The maximum atomic E-state index is 13.4. The van der Waals surface area contributed by atoms with Crippen LogP contribution in [0.2, 0.25) is 5.02 Å². The predicted octanol–water partition coefficient (Wildman–Crippen LogP) is 3.19. The number of hydrogen-bond acceptors (Lipinski definition) is 6. The van der Waals surface area contributed by atoms with Gasteiger partial charge in [-0.05, 0) is 24.3 Å². The van der Waals surface area contributed by atoms with Crippen molar-refractivity contribution in [1.82, 2.24) is 15.2 Å². The lowest BCUT2D eigenvalue weighted by Crippen LogP contribution is -2.37. The number of aromatic nitrogens is 1. The van der Waals surface area contributed by atoms with E-state index in [1.54, 1.807) is 0 Å². The number of nitrogens with one attached hydrogen (secondary N) is 1. The first-order valence-electron chi connectivity index (χ1n) is 10.1. The van der Waals surface area contributed by atoms with E-state index in [0.717, 1.165) is 29.3 Å². The smallest absolute Gasteiger partial charge is 0.433 e. The van der Waals surface area contributed by atoms with Crippen LogP contribution in [0.4, 0.5) is 17.6 Å². The highest BCUT2D eigenvalue weighted by molar-refractivity contribution is 6.30. The second kappa shape index (κ2) is 12.9. The summed E-state index contributed by atoms with van der Waals surface area (Å²) in [5.41, 5.74) is -0.835. The molecule has 8 nitrogen and oxygen atoms in total. The molecule has 1 aromatic carbocycles. The van der Waals surface area contributed by atoms with Gasteiger partial charge in [0, 0.05) is 31.3 Å². The Labute approximate surface area is 203 Å². The Morgan fingerprint density at radius 1 is 1.14 bits per heavy atom. The molecule has 2 aromatic rings. The second-order valence-electron chi connectivity index (χ2n) is 6.97. The van der Waals surface area contributed by atoms with Gasteiger partial charge < -0.3 is 24.8 Å². The van der Waals surface area contributed by atoms with Crippen molar-refractivity contribution in [2.24, 2.45) is 0 Å². The van der Waals surface area contributed by atoms with Crippen molar-refractivity contribution in [1.29, 1.82) is 0 Å². The quantitative estimate of drug-likeness (QED) is 0.418. The van der Waals surface area contributed by atoms with Crippen LogP contribution in [0.5, 0.6) is 11.5 Å². The minimum Gasteiger partial charge on any atom is -0.484 e. The first-order chi connectivity index (χ1) is 16.5. The molecule has 190 valence electrons. The molecular formula is C22H22ClF4N3O5. The Bertz CT molecular complexity index is 1030. The molecule has 0 spiro atoms. The predicted molar refractivity (Wildman–Crippen MR) is 117 cm³/mol. The maximum Gasteiger partial charge on any atom is 0.433 e. The summed E-state index contributed by atoms with van der Waals surface area (Å²) in [5, 5.41) is 11.7. The maximum absolute atomic E-state index is 13.4. The summed E-state index contributed by atoms with van der Waals surface area (Å²) in [4.78, 5) is 28.8. The van der Waals surface area contributed by atoms with E-state index in [4.69, 9.17) is 21.1 Å². The molecule has 0 radical (unpaired) electrons. The van der Waals surface area contributed by atoms with Crippen LogP contribution in [0.1, 0.15) is 12.1 Å². The number of hydrogen-bond donors (Lipinski definition) is 2. The Balaban J connectivity index is 1.79. The molecule has 2 amide bonds. The first-order valence-corrected chi connectivity index (χ1v) is 10.5. The summed E-state index contributed by atoms with van der Waals surface area (Å²) in [6.45, 7) is 2.42. The number of alkyl halides is 3. The fourth-order valence-electron chi connectivity index (χ4n) is 2.66.